The average Bonchev–Trinajstić information content (AvgIpc) is 2.54. The van der Waals surface area contributed by atoms with Crippen LogP contribution in [0.25, 0.3) is 0 Å². The Morgan fingerprint density at radius 3 is 2.12 bits per heavy atom. The molecule has 1 N–H and O–H groups in total. The Hall–Kier alpha value is -2.08. The Morgan fingerprint density at radius 1 is 1.00 bits per heavy atom. The highest BCUT2D eigenvalue weighted by molar-refractivity contribution is 7.92. The number of halogens is 1. The standard InChI is InChI=1S/C19H25FN2O2S/c1-4-12-22(13-5-2)18-9-7-17(8-10-18)21-25(23,24)19-11-6-16(20)14-15(19)3/h6-11,14,21H,4-5,12-13H2,1-3H3. The lowest BCUT2D eigenvalue weighted by Gasteiger charge is -2.24. The first-order valence-corrected chi connectivity index (χ1v) is 9.99. The number of sulfonamides is 1. The normalized spacial score (nSPS) is 11.4. The summed E-state index contributed by atoms with van der Waals surface area (Å²) >= 11 is 0. The molecule has 2 aromatic carbocycles. The minimum atomic E-state index is -3.74. The molecule has 0 saturated heterocycles. The van der Waals surface area contributed by atoms with Crippen molar-refractivity contribution < 1.29 is 12.8 Å². The van der Waals surface area contributed by atoms with E-state index in [0.29, 0.717) is 11.3 Å². The monoisotopic (exact) mass is 364 g/mol. The Morgan fingerprint density at radius 2 is 1.60 bits per heavy atom. The summed E-state index contributed by atoms with van der Waals surface area (Å²) in [5.74, 6) is -0.451. The van der Waals surface area contributed by atoms with E-state index in [1.54, 1.807) is 19.1 Å². The number of anilines is 2. The van der Waals surface area contributed by atoms with Crippen LogP contribution in [0.5, 0.6) is 0 Å². The molecule has 0 fully saturated rings. The third kappa shape index (κ3) is 4.95. The van der Waals surface area contributed by atoms with Gasteiger partial charge in [-0.1, -0.05) is 13.8 Å². The molecule has 2 aromatic rings. The fourth-order valence-electron chi connectivity index (χ4n) is 2.77. The van der Waals surface area contributed by atoms with Crippen molar-refractivity contribution in [1.82, 2.24) is 0 Å². The molecule has 136 valence electrons. The second-order valence-corrected chi connectivity index (χ2v) is 7.70. The maximum Gasteiger partial charge on any atom is 0.262 e. The van der Waals surface area contributed by atoms with E-state index in [9.17, 15) is 12.8 Å². The van der Waals surface area contributed by atoms with E-state index in [4.69, 9.17) is 0 Å². The first-order valence-electron chi connectivity index (χ1n) is 8.51. The molecule has 0 spiro atoms. The summed E-state index contributed by atoms with van der Waals surface area (Å²) in [6.07, 6.45) is 2.11. The SMILES string of the molecule is CCCN(CCC)c1ccc(NS(=O)(=O)c2ccc(F)cc2C)cc1. The summed E-state index contributed by atoms with van der Waals surface area (Å²) in [6.45, 7) is 7.78. The van der Waals surface area contributed by atoms with E-state index in [1.165, 1.54) is 12.1 Å². The van der Waals surface area contributed by atoms with Crippen molar-refractivity contribution in [3.63, 3.8) is 0 Å². The molecule has 0 radical (unpaired) electrons. The molecular formula is C19H25FN2O2S. The molecule has 0 saturated carbocycles. The van der Waals surface area contributed by atoms with Gasteiger partial charge >= 0.3 is 0 Å². The van der Waals surface area contributed by atoms with Crippen molar-refractivity contribution in [2.24, 2.45) is 0 Å². The molecule has 25 heavy (non-hydrogen) atoms. The van der Waals surface area contributed by atoms with Crippen LogP contribution in [-0.4, -0.2) is 21.5 Å². The number of nitrogens with one attached hydrogen (secondary N) is 1. The van der Waals surface area contributed by atoms with Gasteiger partial charge in [0.15, 0.2) is 0 Å². The number of aryl methyl sites for hydroxylation is 1. The van der Waals surface area contributed by atoms with Crippen LogP contribution < -0.4 is 9.62 Å². The van der Waals surface area contributed by atoms with Crippen LogP contribution in [0.2, 0.25) is 0 Å². The van der Waals surface area contributed by atoms with Gasteiger partial charge in [-0.3, -0.25) is 4.72 Å². The van der Waals surface area contributed by atoms with E-state index >= 15 is 0 Å². The van der Waals surface area contributed by atoms with E-state index < -0.39 is 15.8 Å². The second kappa shape index (κ2) is 8.34. The Labute approximate surface area is 149 Å². The molecule has 0 aliphatic carbocycles. The molecule has 0 atom stereocenters. The van der Waals surface area contributed by atoms with Gasteiger partial charge in [-0.15, -0.1) is 0 Å². The van der Waals surface area contributed by atoms with Crippen LogP contribution in [-0.2, 0) is 10.0 Å². The predicted molar refractivity (Wildman–Crippen MR) is 101 cm³/mol. The Balaban J connectivity index is 2.19. The molecule has 2 rings (SSSR count). The third-order valence-corrected chi connectivity index (χ3v) is 5.44. The first kappa shape index (κ1) is 19.2. The lowest BCUT2D eigenvalue weighted by Crippen LogP contribution is -2.24. The molecule has 0 bridgehead atoms. The van der Waals surface area contributed by atoms with Gasteiger partial charge in [-0.05, 0) is 67.8 Å². The smallest absolute Gasteiger partial charge is 0.262 e. The predicted octanol–water partition coefficient (Wildman–Crippen LogP) is 4.56. The number of hydrogen-bond donors (Lipinski definition) is 1. The maximum atomic E-state index is 13.2. The van der Waals surface area contributed by atoms with Crippen molar-refractivity contribution in [1.29, 1.82) is 0 Å². The lowest BCUT2D eigenvalue weighted by molar-refractivity contribution is 0.598. The van der Waals surface area contributed by atoms with Gasteiger partial charge in [-0.25, -0.2) is 12.8 Å². The summed E-state index contributed by atoms with van der Waals surface area (Å²) in [4.78, 5) is 2.36. The highest BCUT2D eigenvalue weighted by Crippen LogP contribution is 2.23. The zero-order valence-electron chi connectivity index (χ0n) is 14.9. The number of nitrogens with zero attached hydrogens (tertiary/aromatic N) is 1. The molecule has 4 nitrogen and oxygen atoms in total. The summed E-state index contributed by atoms with van der Waals surface area (Å²) < 4.78 is 40.8. The molecule has 0 aliphatic rings. The van der Waals surface area contributed by atoms with Crippen LogP contribution in [0, 0.1) is 12.7 Å². The van der Waals surface area contributed by atoms with Crippen molar-refractivity contribution in [3.8, 4) is 0 Å². The molecular weight excluding hydrogens is 339 g/mol. The van der Waals surface area contributed by atoms with Gasteiger partial charge in [0.05, 0.1) is 4.90 Å². The Kier molecular flexibility index (Phi) is 6.42. The van der Waals surface area contributed by atoms with Crippen LogP contribution >= 0.6 is 0 Å². The molecule has 0 amide bonds. The van der Waals surface area contributed by atoms with E-state index in [0.717, 1.165) is 37.7 Å². The third-order valence-electron chi connectivity index (χ3n) is 3.90. The molecule has 0 unspecified atom stereocenters. The lowest BCUT2D eigenvalue weighted by atomic mass is 10.2. The second-order valence-electron chi connectivity index (χ2n) is 6.05. The molecule has 6 heteroatoms. The minimum absolute atomic E-state index is 0.0802. The van der Waals surface area contributed by atoms with Crippen LogP contribution in [0.1, 0.15) is 32.3 Å². The van der Waals surface area contributed by atoms with Gasteiger partial charge in [-0.2, -0.15) is 0 Å². The van der Waals surface area contributed by atoms with Gasteiger partial charge in [0.2, 0.25) is 0 Å². The minimum Gasteiger partial charge on any atom is -0.372 e. The van der Waals surface area contributed by atoms with Gasteiger partial charge < -0.3 is 4.90 Å². The van der Waals surface area contributed by atoms with E-state index in [1.807, 2.05) is 12.1 Å². The maximum absolute atomic E-state index is 13.2. The van der Waals surface area contributed by atoms with Crippen molar-refractivity contribution in [2.45, 2.75) is 38.5 Å². The topological polar surface area (TPSA) is 49.4 Å². The van der Waals surface area contributed by atoms with Gasteiger partial charge in [0, 0.05) is 24.5 Å². The summed E-state index contributed by atoms with van der Waals surface area (Å²) in [6, 6.07) is 11.0. The van der Waals surface area contributed by atoms with Crippen LogP contribution in [0.3, 0.4) is 0 Å². The van der Waals surface area contributed by atoms with Crippen molar-refractivity contribution in [3.05, 3.63) is 53.8 Å². The van der Waals surface area contributed by atoms with E-state index in [2.05, 4.69) is 23.5 Å². The quantitative estimate of drug-likeness (QED) is 0.747. The fraction of sp³-hybridized carbons (Fsp3) is 0.368. The van der Waals surface area contributed by atoms with E-state index in [-0.39, 0.29) is 4.90 Å². The number of benzene rings is 2. The van der Waals surface area contributed by atoms with Crippen molar-refractivity contribution >= 4 is 21.4 Å². The van der Waals surface area contributed by atoms with Gasteiger partial charge in [0.25, 0.3) is 10.0 Å². The highest BCUT2D eigenvalue weighted by Gasteiger charge is 2.17. The average molecular weight is 364 g/mol. The zero-order chi connectivity index (χ0) is 18.4. The zero-order valence-corrected chi connectivity index (χ0v) is 15.7. The van der Waals surface area contributed by atoms with Crippen LogP contribution in [0.4, 0.5) is 15.8 Å². The van der Waals surface area contributed by atoms with Crippen LogP contribution in [0.15, 0.2) is 47.4 Å². The summed E-state index contributed by atoms with van der Waals surface area (Å²) in [5, 5.41) is 0. The van der Waals surface area contributed by atoms with Gasteiger partial charge in [0.1, 0.15) is 5.82 Å². The molecule has 0 aromatic heterocycles. The molecule has 0 aliphatic heterocycles. The highest BCUT2D eigenvalue weighted by atomic mass is 32.2. The van der Waals surface area contributed by atoms with Crippen molar-refractivity contribution in [2.75, 3.05) is 22.7 Å². The summed E-state index contributed by atoms with van der Waals surface area (Å²) in [7, 11) is -3.74. The Bertz CT molecular complexity index is 799. The number of rotatable bonds is 8. The number of hydrogen-bond acceptors (Lipinski definition) is 3. The summed E-state index contributed by atoms with van der Waals surface area (Å²) in [5.41, 5.74) is 1.94. The first-order chi connectivity index (χ1) is 11.9. The fourth-order valence-corrected chi connectivity index (χ4v) is 4.06. The molecule has 0 heterocycles. The largest absolute Gasteiger partial charge is 0.372 e.